The van der Waals surface area contributed by atoms with Gasteiger partial charge in [0.05, 0.1) is 26.5 Å². The van der Waals surface area contributed by atoms with Gasteiger partial charge in [0.15, 0.2) is 11.5 Å². The topological polar surface area (TPSA) is 109 Å². The van der Waals surface area contributed by atoms with E-state index in [2.05, 4.69) is 9.82 Å². The molecule has 154 valence electrons. The smallest absolute Gasteiger partial charge is 0.325 e. The maximum atomic E-state index is 12.5. The lowest BCUT2D eigenvalue weighted by Gasteiger charge is -2.27. The number of carboxylic acid groups (broad SMARTS) is 1. The molecule has 1 aromatic carbocycles. The molecular weight excluding hydrogens is 382 g/mol. The molecule has 0 aliphatic heterocycles. The molecule has 0 spiro atoms. The molecule has 0 fully saturated rings. The molecule has 9 heteroatoms. The van der Waals surface area contributed by atoms with E-state index in [1.54, 1.807) is 26.6 Å². The van der Waals surface area contributed by atoms with Gasteiger partial charge in [-0.25, -0.2) is 0 Å². The van der Waals surface area contributed by atoms with Crippen LogP contribution in [0.15, 0.2) is 24.5 Å². The van der Waals surface area contributed by atoms with Crippen molar-refractivity contribution in [3.8, 4) is 22.6 Å². The average Bonchev–Trinajstić information content (AvgIpc) is 3.06. The highest BCUT2D eigenvalue weighted by Gasteiger charge is 2.29. The molecule has 2 aromatic rings. The SMILES string of the molecule is COc1cc([C@@H](C)N[S+]([O-])C(C)(C)C)cc(-c2cnn(CC(=O)O)c2)c1OC. The quantitative estimate of drug-likeness (QED) is 0.645. The Morgan fingerprint density at radius 1 is 1.36 bits per heavy atom. The number of aliphatic carboxylic acids is 1. The fourth-order valence-corrected chi connectivity index (χ4v) is 3.39. The van der Waals surface area contributed by atoms with Crippen molar-refractivity contribution >= 4 is 17.3 Å². The fourth-order valence-electron chi connectivity index (χ4n) is 2.58. The largest absolute Gasteiger partial charge is 0.598 e. The van der Waals surface area contributed by atoms with Crippen molar-refractivity contribution < 1.29 is 23.9 Å². The number of methoxy groups -OCH3 is 2. The van der Waals surface area contributed by atoms with E-state index in [0.29, 0.717) is 22.6 Å². The Kier molecular flexibility index (Phi) is 6.97. The van der Waals surface area contributed by atoms with Gasteiger partial charge in [-0.2, -0.15) is 5.10 Å². The number of rotatable bonds is 8. The number of hydrogen-bond acceptors (Lipinski definition) is 6. The van der Waals surface area contributed by atoms with E-state index in [1.807, 2.05) is 39.8 Å². The van der Waals surface area contributed by atoms with Crippen molar-refractivity contribution in [3.05, 3.63) is 30.1 Å². The third kappa shape index (κ3) is 5.18. The Bertz CT molecular complexity index is 831. The second-order valence-corrected chi connectivity index (χ2v) is 9.34. The van der Waals surface area contributed by atoms with Crippen molar-refractivity contribution in [3.63, 3.8) is 0 Å². The number of carbonyl (C=O) groups is 1. The van der Waals surface area contributed by atoms with Gasteiger partial charge in [-0.3, -0.25) is 9.48 Å². The maximum absolute atomic E-state index is 12.5. The summed E-state index contributed by atoms with van der Waals surface area (Å²) in [4.78, 5) is 10.9. The molecule has 0 aliphatic rings. The Labute approximate surface area is 168 Å². The van der Waals surface area contributed by atoms with Crippen molar-refractivity contribution in [2.24, 2.45) is 0 Å². The first-order valence-electron chi connectivity index (χ1n) is 8.75. The summed E-state index contributed by atoms with van der Waals surface area (Å²) in [6.45, 7) is 7.39. The molecular formula is C19H27N3O5S. The van der Waals surface area contributed by atoms with E-state index in [4.69, 9.17) is 14.6 Å². The molecule has 1 unspecified atom stereocenters. The first kappa shape index (κ1) is 22.1. The molecule has 2 N–H and O–H groups in total. The highest BCUT2D eigenvalue weighted by molar-refractivity contribution is 7.90. The molecule has 0 saturated heterocycles. The van der Waals surface area contributed by atoms with Crippen LogP contribution in [0.2, 0.25) is 0 Å². The Morgan fingerprint density at radius 2 is 2.04 bits per heavy atom. The summed E-state index contributed by atoms with van der Waals surface area (Å²) in [6.07, 6.45) is 3.22. The standard InChI is InChI=1S/C19H27N3O5S/c1-12(21-28(25)19(2,3)4)13-7-15(18(27-6)16(8-13)26-5)14-9-20-22(10-14)11-17(23)24/h7-10,12,21H,11H2,1-6H3,(H,23,24)/t12-,28?/m1/s1. The van der Waals surface area contributed by atoms with Crippen LogP contribution < -0.4 is 14.2 Å². The van der Waals surface area contributed by atoms with Gasteiger partial charge in [-0.15, -0.1) is 4.72 Å². The summed E-state index contributed by atoms with van der Waals surface area (Å²) in [6, 6.07) is 3.52. The third-order valence-corrected chi connectivity index (χ3v) is 5.76. The summed E-state index contributed by atoms with van der Waals surface area (Å²) in [5.41, 5.74) is 2.27. The summed E-state index contributed by atoms with van der Waals surface area (Å²) in [5.74, 6) is 0.0665. The van der Waals surface area contributed by atoms with Gasteiger partial charge in [0.1, 0.15) is 11.3 Å². The van der Waals surface area contributed by atoms with Crippen molar-refractivity contribution in [1.82, 2.24) is 14.5 Å². The van der Waals surface area contributed by atoms with Gasteiger partial charge in [0.2, 0.25) is 0 Å². The lowest BCUT2D eigenvalue weighted by atomic mass is 10.0. The number of ether oxygens (including phenoxy) is 2. The maximum Gasteiger partial charge on any atom is 0.325 e. The van der Waals surface area contributed by atoms with Crippen LogP contribution in [0.5, 0.6) is 11.5 Å². The summed E-state index contributed by atoms with van der Waals surface area (Å²) < 4.78 is 27.5. The van der Waals surface area contributed by atoms with Gasteiger partial charge in [-0.1, -0.05) is 0 Å². The first-order chi connectivity index (χ1) is 13.1. The highest BCUT2D eigenvalue weighted by atomic mass is 32.2. The number of nitrogens with one attached hydrogen (secondary N) is 1. The Morgan fingerprint density at radius 3 is 2.57 bits per heavy atom. The zero-order chi connectivity index (χ0) is 21.1. The minimum atomic E-state index is -1.24. The van der Waals surface area contributed by atoms with Crippen LogP contribution in [0.1, 0.15) is 39.3 Å². The monoisotopic (exact) mass is 409 g/mol. The zero-order valence-electron chi connectivity index (χ0n) is 17.0. The van der Waals surface area contributed by atoms with Crippen LogP contribution in [0.4, 0.5) is 0 Å². The van der Waals surface area contributed by atoms with Crippen LogP contribution in [-0.2, 0) is 22.7 Å². The van der Waals surface area contributed by atoms with Crippen LogP contribution in [0.25, 0.3) is 11.1 Å². The van der Waals surface area contributed by atoms with Crippen LogP contribution in [-0.4, -0.2) is 44.4 Å². The van der Waals surface area contributed by atoms with Gasteiger partial charge < -0.3 is 19.1 Å². The minimum absolute atomic E-state index is 0.215. The summed E-state index contributed by atoms with van der Waals surface area (Å²) in [5, 5.41) is 13.0. The molecule has 8 nitrogen and oxygen atoms in total. The van der Waals surface area contributed by atoms with E-state index in [-0.39, 0.29) is 12.6 Å². The Hall–Kier alpha value is -2.23. The van der Waals surface area contributed by atoms with Crippen LogP contribution >= 0.6 is 0 Å². The number of aromatic nitrogens is 2. The number of carboxylic acids is 1. The van der Waals surface area contributed by atoms with E-state index >= 15 is 0 Å². The normalized spacial score (nSPS) is 13.8. The molecule has 0 amide bonds. The van der Waals surface area contributed by atoms with Crippen LogP contribution in [0.3, 0.4) is 0 Å². The predicted molar refractivity (Wildman–Crippen MR) is 108 cm³/mol. The molecule has 0 aliphatic carbocycles. The van der Waals surface area contributed by atoms with Gasteiger partial charge in [-0.05, 0) is 45.4 Å². The van der Waals surface area contributed by atoms with E-state index in [0.717, 1.165) is 5.56 Å². The molecule has 0 bridgehead atoms. The van der Waals surface area contributed by atoms with E-state index in [1.165, 1.54) is 4.68 Å². The zero-order valence-corrected chi connectivity index (χ0v) is 17.8. The van der Waals surface area contributed by atoms with Crippen molar-refractivity contribution in [2.45, 2.75) is 45.0 Å². The first-order valence-corrected chi connectivity index (χ1v) is 9.90. The second kappa shape index (κ2) is 8.85. The molecule has 0 radical (unpaired) electrons. The van der Waals surface area contributed by atoms with E-state index in [9.17, 15) is 9.35 Å². The molecule has 2 rings (SSSR count). The molecule has 1 aromatic heterocycles. The lowest BCUT2D eigenvalue weighted by Crippen LogP contribution is -2.40. The van der Waals surface area contributed by atoms with Crippen molar-refractivity contribution in [2.75, 3.05) is 14.2 Å². The minimum Gasteiger partial charge on any atom is -0.598 e. The van der Waals surface area contributed by atoms with Gasteiger partial charge >= 0.3 is 5.97 Å². The third-order valence-electron chi connectivity index (χ3n) is 4.08. The molecule has 28 heavy (non-hydrogen) atoms. The Balaban J connectivity index is 2.45. The van der Waals surface area contributed by atoms with Gasteiger partial charge in [0.25, 0.3) is 0 Å². The lowest BCUT2D eigenvalue weighted by molar-refractivity contribution is -0.137. The van der Waals surface area contributed by atoms with E-state index < -0.39 is 22.1 Å². The number of nitrogens with zero attached hydrogens (tertiary/aromatic N) is 2. The average molecular weight is 410 g/mol. The van der Waals surface area contributed by atoms with Gasteiger partial charge in [0, 0.05) is 28.7 Å². The van der Waals surface area contributed by atoms with Crippen molar-refractivity contribution in [1.29, 1.82) is 0 Å². The summed E-state index contributed by atoms with van der Waals surface area (Å²) in [7, 11) is 3.09. The number of hydrogen-bond donors (Lipinski definition) is 2. The molecule has 0 saturated carbocycles. The summed E-state index contributed by atoms with van der Waals surface area (Å²) >= 11 is -1.24. The molecule has 2 atom stereocenters. The highest BCUT2D eigenvalue weighted by Crippen LogP contribution is 2.40. The molecule has 1 heterocycles. The number of benzene rings is 1. The van der Waals surface area contributed by atoms with Crippen LogP contribution in [0, 0.1) is 0 Å². The second-order valence-electron chi connectivity index (χ2n) is 7.34. The predicted octanol–water partition coefficient (Wildman–Crippen LogP) is 2.76. The fraction of sp³-hybridized carbons (Fsp3) is 0.474.